The Hall–Kier alpha value is -2.24. The average Bonchev–Trinajstić information content (AvgIpc) is 3.37. The normalized spacial score (nSPS) is 18.1. The Labute approximate surface area is 187 Å². The molecule has 0 atom stereocenters. The summed E-state index contributed by atoms with van der Waals surface area (Å²) in [4.78, 5) is 24.0. The highest BCUT2D eigenvalue weighted by atomic mass is 32.2. The standard InChI is InChI=1S/C21H30FN3O6S/c1-20(2,28)14-31-17-12-15(6-7-16(17)22)21(8-9-21)24-32(29,30)11-5-3-4-10-25-13-18(26)23-19(25)27/h6-7,12,24,28H,3-5,8-11,13-14H2,1-2H3,(H,23,26,27). The van der Waals surface area contributed by atoms with Gasteiger partial charge in [0.15, 0.2) is 11.6 Å². The highest BCUT2D eigenvalue weighted by molar-refractivity contribution is 7.89. The molecule has 178 valence electrons. The molecule has 3 amide bonds. The molecule has 9 nitrogen and oxygen atoms in total. The van der Waals surface area contributed by atoms with Crippen LogP contribution >= 0.6 is 0 Å². The van der Waals surface area contributed by atoms with Gasteiger partial charge in [-0.15, -0.1) is 0 Å². The Bertz CT molecular complexity index is 972. The first kappa shape index (κ1) is 24.4. The van der Waals surface area contributed by atoms with Crippen molar-refractivity contribution in [2.24, 2.45) is 0 Å². The summed E-state index contributed by atoms with van der Waals surface area (Å²) in [6, 6.07) is 3.86. The van der Waals surface area contributed by atoms with Crippen molar-refractivity contribution in [1.82, 2.24) is 14.9 Å². The first-order valence-corrected chi connectivity index (χ1v) is 12.3. The second-order valence-electron chi connectivity index (χ2n) is 9.08. The van der Waals surface area contributed by atoms with Gasteiger partial charge in [0.2, 0.25) is 15.9 Å². The third kappa shape index (κ3) is 6.63. The van der Waals surface area contributed by atoms with Gasteiger partial charge < -0.3 is 14.7 Å². The van der Waals surface area contributed by atoms with E-state index in [1.54, 1.807) is 19.9 Å². The molecule has 3 rings (SSSR count). The van der Waals surface area contributed by atoms with Gasteiger partial charge in [-0.1, -0.05) is 12.5 Å². The smallest absolute Gasteiger partial charge is 0.324 e. The molecule has 0 spiro atoms. The minimum Gasteiger partial charge on any atom is -0.488 e. The van der Waals surface area contributed by atoms with Gasteiger partial charge in [-0.25, -0.2) is 22.3 Å². The molecule has 2 fully saturated rings. The summed E-state index contributed by atoms with van der Waals surface area (Å²) in [6.07, 6.45) is 2.80. The van der Waals surface area contributed by atoms with Crippen molar-refractivity contribution in [3.05, 3.63) is 29.6 Å². The number of nitrogens with one attached hydrogen (secondary N) is 2. The number of amides is 3. The van der Waals surface area contributed by atoms with Crippen LogP contribution in [0.15, 0.2) is 18.2 Å². The van der Waals surface area contributed by atoms with Crippen LogP contribution in [0.1, 0.15) is 51.5 Å². The van der Waals surface area contributed by atoms with E-state index in [2.05, 4.69) is 10.0 Å². The third-order valence-corrected chi connectivity index (χ3v) is 6.90. The Morgan fingerprint density at radius 2 is 1.97 bits per heavy atom. The highest BCUT2D eigenvalue weighted by Crippen LogP contribution is 2.47. The molecule has 11 heteroatoms. The molecule has 1 heterocycles. The molecule has 1 aromatic carbocycles. The van der Waals surface area contributed by atoms with Crippen molar-refractivity contribution in [3.63, 3.8) is 0 Å². The number of imide groups is 1. The molecule has 1 aromatic rings. The molecule has 0 unspecified atom stereocenters. The van der Waals surface area contributed by atoms with Crippen LogP contribution in [0.3, 0.4) is 0 Å². The average molecular weight is 472 g/mol. The Balaban J connectivity index is 1.51. The SMILES string of the molecule is CC(C)(O)COc1cc(C2(NS(=O)(=O)CCCCCN3CC(=O)NC3=O)CC2)ccc1F. The van der Waals surface area contributed by atoms with Crippen molar-refractivity contribution in [1.29, 1.82) is 0 Å². The van der Waals surface area contributed by atoms with E-state index in [9.17, 15) is 27.5 Å². The summed E-state index contributed by atoms with van der Waals surface area (Å²) in [7, 11) is -3.57. The zero-order chi connectivity index (χ0) is 23.6. The van der Waals surface area contributed by atoms with Crippen LogP contribution in [-0.4, -0.2) is 61.4 Å². The fourth-order valence-electron chi connectivity index (χ4n) is 3.52. The number of ether oxygens (including phenoxy) is 1. The van der Waals surface area contributed by atoms with Crippen molar-refractivity contribution in [2.75, 3.05) is 25.4 Å². The minimum atomic E-state index is -3.57. The van der Waals surface area contributed by atoms with Crippen molar-refractivity contribution in [2.45, 2.75) is 57.1 Å². The number of rotatable bonds is 12. The third-order valence-electron chi connectivity index (χ3n) is 5.37. The summed E-state index contributed by atoms with van der Waals surface area (Å²) >= 11 is 0. The molecule has 0 aromatic heterocycles. The second-order valence-corrected chi connectivity index (χ2v) is 10.9. The summed E-state index contributed by atoms with van der Waals surface area (Å²) in [6.45, 7) is 3.44. The number of hydrogen-bond acceptors (Lipinski definition) is 6. The molecule has 0 bridgehead atoms. The lowest BCUT2D eigenvalue weighted by molar-refractivity contribution is -0.118. The van der Waals surface area contributed by atoms with Crippen LogP contribution in [0.25, 0.3) is 0 Å². The molecule has 2 aliphatic rings. The van der Waals surface area contributed by atoms with Crippen LogP contribution in [-0.2, 0) is 20.4 Å². The Morgan fingerprint density at radius 1 is 1.25 bits per heavy atom. The van der Waals surface area contributed by atoms with E-state index in [1.165, 1.54) is 17.0 Å². The summed E-state index contributed by atoms with van der Waals surface area (Å²) in [5, 5.41) is 12.0. The van der Waals surface area contributed by atoms with Gasteiger partial charge in [-0.3, -0.25) is 10.1 Å². The lowest BCUT2D eigenvalue weighted by Gasteiger charge is -2.21. The molecule has 32 heavy (non-hydrogen) atoms. The van der Waals surface area contributed by atoms with E-state index in [-0.39, 0.29) is 30.6 Å². The Morgan fingerprint density at radius 3 is 2.56 bits per heavy atom. The number of urea groups is 1. The fraction of sp³-hybridized carbons (Fsp3) is 0.619. The van der Waals surface area contributed by atoms with Gasteiger partial charge in [-0.2, -0.15) is 0 Å². The van der Waals surface area contributed by atoms with E-state index in [0.29, 0.717) is 44.2 Å². The van der Waals surface area contributed by atoms with Gasteiger partial charge in [0.25, 0.3) is 0 Å². The summed E-state index contributed by atoms with van der Waals surface area (Å²) < 4.78 is 47.5. The maximum absolute atomic E-state index is 14.1. The predicted molar refractivity (Wildman–Crippen MR) is 115 cm³/mol. The molecule has 1 saturated carbocycles. The van der Waals surface area contributed by atoms with E-state index < -0.39 is 33.0 Å². The topological polar surface area (TPSA) is 125 Å². The zero-order valence-corrected chi connectivity index (χ0v) is 19.1. The number of sulfonamides is 1. The fourth-order valence-corrected chi connectivity index (χ4v) is 5.13. The number of hydrogen-bond donors (Lipinski definition) is 3. The quantitative estimate of drug-likeness (QED) is 0.314. The second kappa shape index (κ2) is 9.32. The van der Waals surface area contributed by atoms with E-state index in [0.717, 1.165) is 0 Å². The molecule has 1 aliphatic carbocycles. The van der Waals surface area contributed by atoms with Crippen LogP contribution in [0.4, 0.5) is 9.18 Å². The lowest BCUT2D eigenvalue weighted by atomic mass is 10.1. The van der Waals surface area contributed by atoms with Gasteiger partial charge in [-0.05, 0) is 57.2 Å². The molecule has 1 aliphatic heterocycles. The minimum absolute atomic E-state index is 0.0282. The summed E-state index contributed by atoms with van der Waals surface area (Å²) in [5.74, 6) is -1.00. The lowest BCUT2D eigenvalue weighted by Crippen LogP contribution is -2.36. The van der Waals surface area contributed by atoms with Gasteiger partial charge >= 0.3 is 6.03 Å². The van der Waals surface area contributed by atoms with E-state index in [4.69, 9.17) is 4.74 Å². The molecule has 0 radical (unpaired) electrons. The number of unbranched alkanes of at least 4 members (excludes halogenated alkanes) is 2. The van der Waals surface area contributed by atoms with Crippen molar-refractivity contribution in [3.8, 4) is 5.75 Å². The highest BCUT2D eigenvalue weighted by Gasteiger charge is 2.47. The zero-order valence-electron chi connectivity index (χ0n) is 18.3. The number of nitrogens with zero attached hydrogens (tertiary/aromatic N) is 1. The maximum atomic E-state index is 14.1. The number of carbonyl (C=O) groups is 2. The predicted octanol–water partition coefficient (Wildman–Crippen LogP) is 1.61. The number of halogens is 1. The van der Waals surface area contributed by atoms with E-state index >= 15 is 0 Å². The van der Waals surface area contributed by atoms with Crippen molar-refractivity contribution >= 4 is 22.0 Å². The summed E-state index contributed by atoms with van der Waals surface area (Å²) in [5.41, 5.74) is -1.28. The molecular weight excluding hydrogens is 441 g/mol. The van der Waals surface area contributed by atoms with Crippen LogP contribution in [0, 0.1) is 5.82 Å². The molecular formula is C21H30FN3O6S. The van der Waals surface area contributed by atoms with Crippen molar-refractivity contribution < 1.29 is 32.2 Å². The Kier molecular flexibility index (Phi) is 7.11. The van der Waals surface area contributed by atoms with Gasteiger partial charge in [0.05, 0.1) is 16.9 Å². The first-order valence-electron chi connectivity index (χ1n) is 10.6. The van der Waals surface area contributed by atoms with Crippen LogP contribution in [0.2, 0.25) is 0 Å². The first-order chi connectivity index (χ1) is 14.9. The number of carbonyl (C=O) groups excluding carboxylic acids is 2. The maximum Gasteiger partial charge on any atom is 0.324 e. The molecule has 1 saturated heterocycles. The number of aliphatic hydroxyl groups is 1. The van der Waals surface area contributed by atoms with Crippen LogP contribution in [0.5, 0.6) is 5.75 Å². The monoisotopic (exact) mass is 471 g/mol. The van der Waals surface area contributed by atoms with Gasteiger partial charge in [0.1, 0.15) is 13.2 Å². The van der Waals surface area contributed by atoms with Crippen LogP contribution < -0.4 is 14.8 Å². The van der Waals surface area contributed by atoms with E-state index in [1.807, 2.05) is 0 Å². The van der Waals surface area contributed by atoms with Gasteiger partial charge in [0, 0.05) is 6.54 Å². The number of benzene rings is 1. The molecule has 3 N–H and O–H groups in total. The largest absolute Gasteiger partial charge is 0.488 e.